The quantitative estimate of drug-likeness (QED) is 0.336. The molecule has 1 aromatic rings. The van der Waals surface area contributed by atoms with Crippen LogP contribution in [0.15, 0.2) is 17.2 Å². The lowest BCUT2D eigenvalue weighted by Gasteiger charge is -2.22. The summed E-state index contributed by atoms with van der Waals surface area (Å²) in [5.74, 6) is -0.578. The van der Waals surface area contributed by atoms with Crippen molar-refractivity contribution >= 4 is 29.3 Å². The van der Waals surface area contributed by atoms with E-state index < -0.39 is 18.0 Å². The molecule has 0 spiro atoms. The van der Waals surface area contributed by atoms with E-state index >= 15 is 0 Å². The second-order valence-electron chi connectivity index (χ2n) is 5.83. The van der Waals surface area contributed by atoms with Crippen molar-refractivity contribution in [3.8, 4) is 0 Å². The summed E-state index contributed by atoms with van der Waals surface area (Å²) in [6.45, 7) is 2.53. The summed E-state index contributed by atoms with van der Waals surface area (Å²) in [7, 11) is 0. The number of aromatic nitrogens is 2. The van der Waals surface area contributed by atoms with Crippen molar-refractivity contribution in [3.63, 3.8) is 0 Å². The van der Waals surface area contributed by atoms with Crippen LogP contribution in [0.4, 0.5) is 0 Å². The predicted octanol–water partition coefficient (Wildman–Crippen LogP) is -0.589. The lowest BCUT2D eigenvalue weighted by Crippen LogP contribution is -2.44. The smallest absolute Gasteiger partial charge is 0.352 e. The summed E-state index contributed by atoms with van der Waals surface area (Å²) in [4.78, 5) is 45.7. The standard InChI is InChI=1S/C13H19N3O3S.C4H6O4/c1-20-6-10(11(18)5-17)14-4-8-2-3-9-12(8)15-7-16-13(9)19;1-3(5)7-8-4(2)6/h2,7,10-11,14,17-18H,3-6H2,1H3,(H,15,16,19);1-2H3/t10-,11+;/m0./s1. The summed E-state index contributed by atoms with van der Waals surface area (Å²) < 4.78 is 0. The van der Waals surface area contributed by atoms with Gasteiger partial charge in [-0.25, -0.2) is 24.3 Å². The molecule has 2 atom stereocenters. The van der Waals surface area contributed by atoms with Crippen LogP contribution in [0.25, 0.3) is 5.57 Å². The summed E-state index contributed by atoms with van der Waals surface area (Å²) in [6, 6.07) is -0.193. The maximum absolute atomic E-state index is 11.6. The van der Waals surface area contributed by atoms with Crippen molar-refractivity contribution in [2.24, 2.45) is 0 Å². The fraction of sp³-hybridized carbons (Fsp3) is 0.529. The number of fused-ring (bicyclic) bond motifs is 1. The Hall–Kier alpha value is -2.21. The molecule has 0 saturated heterocycles. The minimum Gasteiger partial charge on any atom is -0.394 e. The highest BCUT2D eigenvalue weighted by molar-refractivity contribution is 7.98. The molecular weight excluding hydrogens is 390 g/mol. The monoisotopic (exact) mass is 415 g/mol. The number of hydrogen-bond donors (Lipinski definition) is 4. The zero-order valence-corrected chi connectivity index (χ0v) is 16.7. The average molecular weight is 415 g/mol. The number of rotatable bonds is 7. The number of H-pyrrole nitrogens is 1. The summed E-state index contributed by atoms with van der Waals surface area (Å²) in [5, 5.41) is 22.0. The largest absolute Gasteiger partial charge is 0.394 e. The Morgan fingerprint density at radius 2 is 2.00 bits per heavy atom. The number of thioether (sulfide) groups is 1. The normalized spacial score (nSPS) is 14.1. The highest BCUT2D eigenvalue weighted by atomic mass is 32.2. The van der Waals surface area contributed by atoms with Crippen molar-refractivity contribution in [1.82, 2.24) is 15.3 Å². The number of carbonyl (C=O) groups excluding carboxylic acids is 2. The summed E-state index contributed by atoms with van der Waals surface area (Å²) in [5.41, 5.74) is 2.27. The molecule has 0 saturated carbocycles. The zero-order chi connectivity index (χ0) is 21.1. The van der Waals surface area contributed by atoms with E-state index in [2.05, 4.69) is 25.1 Å². The molecule has 0 fully saturated rings. The van der Waals surface area contributed by atoms with E-state index in [-0.39, 0.29) is 18.2 Å². The van der Waals surface area contributed by atoms with Gasteiger partial charge in [-0.1, -0.05) is 6.08 Å². The third kappa shape index (κ3) is 7.80. The third-order valence-corrected chi connectivity index (χ3v) is 4.33. The van der Waals surface area contributed by atoms with Gasteiger partial charge in [-0.2, -0.15) is 11.8 Å². The van der Waals surface area contributed by atoms with Gasteiger partial charge >= 0.3 is 11.9 Å². The Labute approximate surface area is 166 Å². The molecule has 0 bridgehead atoms. The van der Waals surface area contributed by atoms with Gasteiger partial charge < -0.3 is 20.5 Å². The first kappa shape index (κ1) is 23.8. The molecule has 28 heavy (non-hydrogen) atoms. The molecule has 0 aliphatic heterocycles. The van der Waals surface area contributed by atoms with E-state index in [1.807, 2.05) is 12.3 Å². The lowest BCUT2D eigenvalue weighted by atomic mass is 10.1. The molecule has 11 heteroatoms. The summed E-state index contributed by atoms with van der Waals surface area (Å²) in [6.07, 6.45) is 5.12. The van der Waals surface area contributed by atoms with Gasteiger partial charge in [0.05, 0.1) is 24.7 Å². The molecule has 1 heterocycles. The van der Waals surface area contributed by atoms with E-state index in [1.165, 1.54) is 6.33 Å². The van der Waals surface area contributed by atoms with Gasteiger partial charge in [-0.05, 0) is 18.2 Å². The van der Waals surface area contributed by atoms with E-state index in [4.69, 9.17) is 5.11 Å². The minimum atomic E-state index is -0.795. The van der Waals surface area contributed by atoms with E-state index in [9.17, 15) is 19.5 Å². The van der Waals surface area contributed by atoms with Crippen molar-refractivity contribution in [3.05, 3.63) is 34.0 Å². The molecule has 1 aliphatic rings. The van der Waals surface area contributed by atoms with Gasteiger partial charge in [0.1, 0.15) is 0 Å². The Morgan fingerprint density at radius 1 is 1.36 bits per heavy atom. The second-order valence-corrected chi connectivity index (χ2v) is 6.75. The molecule has 0 aromatic carbocycles. The molecule has 0 unspecified atom stereocenters. The van der Waals surface area contributed by atoms with Crippen LogP contribution >= 0.6 is 11.8 Å². The van der Waals surface area contributed by atoms with Crippen molar-refractivity contribution in [2.75, 3.05) is 25.2 Å². The molecule has 4 N–H and O–H groups in total. The number of nitrogens with one attached hydrogen (secondary N) is 2. The van der Waals surface area contributed by atoms with Crippen molar-refractivity contribution < 1.29 is 29.6 Å². The van der Waals surface area contributed by atoms with Crippen LogP contribution in [0.3, 0.4) is 0 Å². The molecule has 10 nitrogen and oxygen atoms in total. The molecule has 0 radical (unpaired) electrons. The van der Waals surface area contributed by atoms with Gasteiger partial charge in [0.2, 0.25) is 0 Å². The number of carbonyl (C=O) groups is 2. The first-order chi connectivity index (χ1) is 13.3. The predicted molar refractivity (Wildman–Crippen MR) is 103 cm³/mol. The molecule has 2 rings (SSSR count). The molecule has 156 valence electrons. The van der Waals surface area contributed by atoms with Crippen molar-refractivity contribution in [2.45, 2.75) is 32.4 Å². The number of aliphatic hydroxyl groups excluding tert-OH is 2. The van der Waals surface area contributed by atoms with Crippen LogP contribution in [0.1, 0.15) is 25.1 Å². The van der Waals surface area contributed by atoms with Crippen LogP contribution in [0.2, 0.25) is 0 Å². The first-order valence-electron chi connectivity index (χ1n) is 8.43. The molecular formula is C17H25N3O7S. The highest BCUT2D eigenvalue weighted by Gasteiger charge is 2.21. The SMILES string of the molecule is CC(=O)OOC(C)=O.CSC[C@H](NCC1=CCc2c1nc[nH]c2=O)[C@H](O)CO. The van der Waals surface area contributed by atoms with E-state index in [0.29, 0.717) is 24.3 Å². The fourth-order valence-corrected chi connectivity index (χ4v) is 3.04. The topological polar surface area (TPSA) is 151 Å². The second kappa shape index (κ2) is 12.3. The van der Waals surface area contributed by atoms with Crippen molar-refractivity contribution in [1.29, 1.82) is 0 Å². The van der Waals surface area contributed by atoms with Crippen LogP contribution in [-0.4, -0.2) is 69.4 Å². The van der Waals surface area contributed by atoms with Crippen LogP contribution in [-0.2, 0) is 25.8 Å². The fourth-order valence-electron chi connectivity index (χ4n) is 2.34. The number of allylic oxidation sites excluding steroid dienone is 1. The Balaban J connectivity index is 0.000000416. The summed E-state index contributed by atoms with van der Waals surface area (Å²) >= 11 is 1.60. The van der Waals surface area contributed by atoms with Gasteiger partial charge in [0.15, 0.2) is 0 Å². The van der Waals surface area contributed by atoms with Gasteiger partial charge in [0.25, 0.3) is 5.56 Å². The first-order valence-corrected chi connectivity index (χ1v) is 9.82. The van der Waals surface area contributed by atoms with Crippen LogP contribution in [0.5, 0.6) is 0 Å². The van der Waals surface area contributed by atoms with Gasteiger partial charge in [-0.15, -0.1) is 0 Å². The average Bonchev–Trinajstić information content (AvgIpc) is 3.08. The number of aliphatic hydroxyl groups is 2. The maximum Gasteiger partial charge on any atom is 0.352 e. The highest BCUT2D eigenvalue weighted by Crippen LogP contribution is 2.21. The Kier molecular flexibility index (Phi) is 10.5. The lowest BCUT2D eigenvalue weighted by molar-refractivity contribution is -0.255. The molecule has 1 aromatic heterocycles. The van der Waals surface area contributed by atoms with Crippen LogP contribution in [0, 0.1) is 0 Å². The number of aromatic amines is 1. The maximum atomic E-state index is 11.6. The number of hydrogen-bond acceptors (Lipinski definition) is 10. The Bertz CT molecular complexity index is 737. The van der Waals surface area contributed by atoms with E-state index in [0.717, 1.165) is 25.1 Å². The van der Waals surface area contributed by atoms with Crippen LogP contribution < -0.4 is 10.9 Å². The zero-order valence-electron chi connectivity index (χ0n) is 15.9. The van der Waals surface area contributed by atoms with E-state index in [1.54, 1.807) is 11.8 Å². The van der Waals surface area contributed by atoms with Gasteiger partial charge in [0, 0.05) is 37.8 Å². The molecule has 1 aliphatic carbocycles. The third-order valence-electron chi connectivity index (χ3n) is 3.63. The minimum absolute atomic E-state index is 0.0997. The number of nitrogens with zero attached hydrogens (tertiary/aromatic N) is 1. The Morgan fingerprint density at radius 3 is 2.54 bits per heavy atom. The van der Waals surface area contributed by atoms with Gasteiger partial charge in [-0.3, -0.25) is 4.79 Å². The molecule has 0 amide bonds.